The van der Waals surface area contributed by atoms with Crippen LogP contribution < -0.4 is 0 Å². The molecule has 0 aliphatic carbocycles. The summed E-state index contributed by atoms with van der Waals surface area (Å²) in [6.07, 6.45) is 3.85. The lowest BCUT2D eigenvalue weighted by Gasteiger charge is -2.28. The molecule has 0 spiro atoms. The SMILES string of the molecule is COCCCn1c(C)cc(C(=O)N2[C@@H]3CC[C@H]2Cc2nnc(C)n2C3)c1C. The number of hydrogen-bond donors (Lipinski definition) is 0. The maximum atomic E-state index is 13.5. The Kier molecular flexibility index (Phi) is 4.80. The number of carbonyl (C=O) groups is 1. The van der Waals surface area contributed by atoms with Crippen LogP contribution >= 0.6 is 0 Å². The first-order valence-corrected chi connectivity index (χ1v) is 9.88. The van der Waals surface area contributed by atoms with E-state index in [1.807, 2.05) is 6.92 Å². The van der Waals surface area contributed by atoms with Crippen molar-refractivity contribution >= 4 is 5.91 Å². The van der Waals surface area contributed by atoms with Crippen LogP contribution in [0.2, 0.25) is 0 Å². The first kappa shape index (κ1) is 18.2. The number of aromatic nitrogens is 4. The molecule has 146 valence electrons. The smallest absolute Gasteiger partial charge is 0.256 e. The molecule has 0 N–H and O–H groups in total. The second-order valence-corrected chi connectivity index (χ2v) is 7.86. The van der Waals surface area contributed by atoms with Crippen LogP contribution in [0.1, 0.15) is 52.7 Å². The Morgan fingerprint density at radius 2 is 2.00 bits per heavy atom. The average Bonchev–Trinajstić information content (AvgIpc) is 3.23. The molecule has 1 saturated heterocycles. The molecule has 1 amide bonds. The molecule has 7 nitrogen and oxygen atoms in total. The Morgan fingerprint density at radius 1 is 1.22 bits per heavy atom. The summed E-state index contributed by atoms with van der Waals surface area (Å²) in [5.41, 5.74) is 3.05. The molecule has 0 unspecified atom stereocenters. The van der Waals surface area contributed by atoms with E-state index in [9.17, 15) is 4.79 Å². The summed E-state index contributed by atoms with van der Waals surface area (Å²) in [6.45, 7) is 8.56. The number of aryl methyl sites for hydroxylation is 2. The third-order valence-corrected chi connectivity index (χ3v) is 6.21. The third kappa shape index (κ3) is 3.08. The van der Waals surface area contributed by atoms with Gasteiger partial charge in [0.15, 0.2) is 0 Å². The summed E-state index contributed by atoms with van der Waals surface area (Å²) in [5, 5.41) is 8.56. The van der Waals surface area contributed by atoms with Crippen LogP contribution in [0.4, 0.5) is 0 Å². The first-order chi connectivity index (χ1) is 13.0. The van der Waals surface area contributed by atoms with Gasteiger partial charge in [-0.15, -0.1) is 10.2 Å². The van der Waals surface area contributed by atoms with Crippen LogP contribution in [-0.4, -0.2) is 55.9 Å². The van der Waals surface area contributed by atoms with E-state index in [1.54, 1.807) is 7.11 Å². The van der Waals surface area contributed by atoms with Crippen molar-refractivity contribution in [2.75, 3.05) is 13.7 Å². The number of hydrogen-bond acceptors (Lipinski definition) is 4. The fraction of sp³-hybridized carbons (Fsp3) is 0.650. The van der Waals surface area contributed by atoms with Gasteiger partial charge in [0.25, 0.3) is 5.91 Å². The summed E-state index contributed by atoms with van der Waals surface area (Å²) in [5.74, 6) is 2.13. The molecule has 2 aliphatic rings. The topological polar surface area (TPSA) is 65.2 Å². The highest BCUT2D eigenvalue weighted by molar-refractivity contribution is 5.96. The molecule has 2 aromatic rings. The van der Waals surface area contributed by atoms with E-state index in [2.05, 4.69) is 44.1 Å². The second kappa shape index (κ2) is 7.11. The Bertz CT molecular complexity index is 853. The Hall–Kier alpha value is -2.15. The van der Waals surface area contributed by atoms with Gasteiger partial charge in [0.05, 0.1) is 11.6 Å². The van der Waals surface area contributed by atoms with Crippen LogP contribution in [0.5, 0.6) is 0 Å². The molecular formula is C20H29N5O2. The van der Waals surface area contributed by atoms with Gasteiger partial charge >= 0.3 is 0 Å². The van der Waals surface area contributed by atoms with Gasteiger partial charge in [0.1, 0.15) is 11.6 Å². The lowest BCUT2D eigenvalue weighted by atomic mass is 10.1. The van der Waals surface area contributed by atoms with Crippen LogP contribution in [0.25, 0.3) is 0 Å². The Balaban J connectivity index is 1.59. The van der Waals surface area contributed by atoms with E-state index in [-0.39, 0.29) is 18.0 Å². The van der Waals surface area contributed by atoms with E-state index >= 15 is 0 Å². The van der Waals surface area contributed by atoms with Gasteiger partial charge in [-0.05, 0) is 46.1 Å². The van der Waals surface area contributed by atoms with Crippen molar-refractivity contribution in [1.82, 2.24) is 24.2 Å². The number of nitrogens with zero attached hydrogens (tertiary/aromatic N) is 5. The summed E-state index contributed by atoms with van der Waals surface area (Å²) in [6, 6.07) is 2.51. The fourth-order valence-electron chi connectivity index (χ4n) is 4.78. The van der Waals surface area contributed by atoms with Crippen molar-refractivity contribution in [1.29, 1.82) is 0 Å². The van der Waals surface area contributed by atoms with Gasteiger partial charge in [-0.25, -0.2) is 0 Å². The predicted octanol–water partition coefficient (Wildman–Crippen LogP) is 2.27. The van der Waals surface area contributed by atoms with E-state index in [4.69, 9.17) is 4.74 Å². The molecule has 4 heterocycles. The van der Waals surface area contributed by atoms with Crippen molar-refractivity contribution in [3.05, 3.63) is 34.7 Å². The monoisotopic (exact) mass is 371 g/mol. The van der Waals surface area contributed by atoms with Crippen LogP contribution in [0, 0.1) is 20.8 Å². The number of methoxy groups -OCH3 is 1. The molecule has 4 rings (SSSR count). The lowest BCUT2D eigenvalue weighted by Crippen LogP contribution is -2.42. The largest absolute Gasteiger partial charge is 0.385 e. The standard InChI is InChI=1S/C20H29N5O2/c1-13-10-18(14(2)23(13)8-5-9-27-4)20(26)25-16-6-7-17(25)12-24-15(3)21-22-19(24)11-16/h10,16-17H,5-9,11-12H2,1-4H3/t16-,17+/m0/s1. The number of carbonyl (C=O) groups excluding carboxylic acids is 1. The molecular weight excluding hydrogens is 342 g/mol. The molecule has 0 aromatic carbocycles. The molecule has 0 saturated carbocycles. The molecule has 2 aromatic heterocycles. The normalized spacial score (nSPS) is 21.4. The molecule has 0 radical (unpaired) electrons. The summed E-state index contributed by atoms with van der Waals surface area (Å²) < 4.78 is 9.61. The van der Waals surface area contributed by atoms with E-state index in [1.165, 1.54) is 0 Å². The molecule has 2 atom stereocenters. The van der Waals surface area contributed by atoms with Crippen LogP contribution in [0.15, 0.2) is 6.07 Å². The van der Waals surface area contributed by atoms with Gasteiger partial charge < -0.3 is 18.8 Å². The lowest BCUT2D eigenvalue weighted by molar-refractivity contribution is 0.0664. The maximum absolute atomic E-state index is 13.5. The van der Waals surface area contributed by atoms with Crippen LogP contribution in [-0.2, 0) is 24.2 Å². The zero-order valence-electron chi connectivity index (χ0n) is 16.7. The predicted molar refractivity (Wildman–Crippen MR) is 102 cm³/mol. The third-order valence-electron chi connectivity index (χ3n) is 6.21. The number of fused-ring (bicyclic) bond motifs is 3. The minimum atomic E-state index is 0.171. The minimum absolute atomic E-state index is 0.171. The minimum Gasteiger partial charge on any atom is -0.385 e. The Labute approximate surface area is 160 Å². The molecule has 2 aliphatic heterocycles. The molecule has 27 heavy (non-hydrogen) atoms. The quantitative estimate of drug-likeness (QED) is 0.757. The number of ether oxygens (including phenoxy) is 1. The van der Waals surface area contributed by atoms with Crippen molar-refractivity contribution in [3.8, 4) is 0 Å². The molecule has 1 fully saturated rings. The van der Waals surface area contributed by atoms with E-state index in [0.717, 1.165) is 74.0 Å². The van der Waals surface area contributed by atoms with Crippen molar-refractivity contribution in [3.63, 3.8) is 0 Å². The number of amides is 1. The van der Waals surface area contributed by atoms with Gasteiger partial charge in [0.2, 0.25) is 0 Å². The first-order valence-electron chi connectivity index (χ1n) is 9.88. The zero-order chi connectivity index (χ0) is 19.1. The van der Waals surface area contributed by atoms with Gasteiger partial charge in [-0.3, -0.25) is 4.79 Å². The fourth-order valence-corrected chi connectivity index (χ4v) is 4.78. The highest BCUT2D eigenvalue weighted by atomic mass is 16.5. The van der Waals surface area contributed by atoms with Gasteiger partial charge in [0, 0.05) is 50.7 Å². The molecule has 2 bridgehead atoms. The average molecular weight is 371 g/mol. The van der Waals surface area contributed by atoms with Crippen molar-refractivity contribution in [2.45, 2.75) is 71.6 Å². The molecule has 7 heteroatoms. The Morgan fingerprint density at radius 3 is 2.78 bits per heavy atom. The zero-order valence-corrected chi connectivity index (χ0v) is 16.7. The highest BCUT2D eigenvalue weighted by Gasteiger charge is 2.41. The maximum Gasteiger partial charge on any atom is 0.256 e. The summed E-state index contributed by atoms with van der Waals surface area (Å²) in [7, 11) is 1.72. The highest BCUT2D eigenvalue weighted by Crippen LogP contribution is 2.33. The van der Waals surface area contributed by atoms with Crippen LogP contribution in [0.3, 0.4) is 0 Å². The number of rotatable bonds is 5. The van der Waals surface area contributed by atoms with Crippen molar-refractivity contribution in [2.24, 2.45) is 0 Å². The van der Waals surface area contributed by atoms with E-state index < -0.39 is 0 Å². The van der Waals surface area contributed by atoms with E-state index in [0.29, 0.717) is 0 Å². The van der Waals surface area contributed by atoms with Gasteiger partial charge in [-0.2, -0.15) is 0 Å². The summed E-state index contributed by atoms with van der Waals surface area (Å²) >= 11 is 0. The second-order valence-electron chi connectivity index (χ2n) is 7.86. The van der Waals surface area contributed by atoms with Gasteiger partial charge in [-0.1, -0.05) is 0 Å². The summed E-state index contributed by atoms with van der Waals surface area (Å²) in [4.78, 5) is 15.7. The van der Waals surface area contributed by atoms with Crippen molar-refractivity contribution < 1.29 is 9.53 Å².